The van der Waals surface area contributed by atoms with Crippen LogP contribution in [0.4, 0.5) is 0 Å². The Kier molecular flexibility index (Phi) is 4.79. The number of hydrogen-bond acceptors (Lipinski definition) is 5. The minimum absolute atomic E-state index is 0.0757. The van der Waals surface area contributed by atoms with Gasteiger partial charge in [-0.15, -0.1) is 5.10 Å². The number of carbonyl (C=O) groups excluding carboxylic acids is 1. The molecule has 6 nitrogen and oxygen atoms in total. The average molecular weight is 283 g/mol. The highest BCUT2D eigenvalue weighted by Gasteiger charge is 2.25. The summed E-state index contributed by atoms with van der Waals surface area (Å²) in [5.41, 5.74) is 0. The molecule has 3 atom stereocenters. The normalized spacial score (nSPS) is 25.0. The number of hydrogen-bond donors (Lipinski definition) is 1. The van der Waals surface area contributed by atoms with Crippen LogP contribution >= 0.6 is 11.8 Å². The number of aryl methyl sites for hydroxylation is 1. The zero-order valence-corrected chi connectivity index (χ0v) is 12.5. The van der Waals surface area contributed by atoms with E-state index in [0.717, 1.165) is 6.42 Å². The fourth-order valence-corrected chi connectivity index (χ4v) is 3.13. The van der Waals surface area contributed by atoms with Crippen molar-refractivity contribution >= 4 is 17.7 Å². The molecular weight excluding hydrogens is 262 g/mol. The van der Waals surface area contributed by atoms with Gasteiger partial charge in [0.25, 0.3) is 0 Å². The number of amides is 1. The Morgan fingerprint density at radius 3 is 2.84 bits per heavy atom. The third kappa shape index (κ3) is 3.68. The van der Waals surface area contributed by atoms with Crippen LogP contribution in [0.2, 0.25) is 0 Å². The molecule has 1 saturated carbocycles. The number of carbonyl (C=O) groups is 1. The molecule has 1 aromatic heterocycles. The third-order valence-corrected chi connectivity index (χ3v) is 4.80. The Labute approximate surface area is 117 Å². The number of nitrogens with one attached hydrogen (secondary N) is 1. The van der Waals surface area contributed by atoms with Gasteiger partial charge in [0.2, 0.25) is 11.1 Å². The standard InChI is InChI=1S/C12H21N5OS/c1-8-6-4-5-7-10(8)13-11(18)9(2)19-12-14-15-16-17(12)3/h8-10H,4-7H2,1-3H3,(H,13,18)/t8-,9-,10+/m1/s1. The van der Waals surface area contributed by atoms with Crippen molar-refractivity contribution < 1.29 is 4.79 Å². The molecule has 7 heteroatoms. The molecular formula is C12H21N5OS. The summed E-state index contributed by atoms with van der Waals surface area (Å²) in [6.07, 6.45) is 4.79. The minimum atomic E-state index is -0.182. The first-order valence-corrected chi connectivity index (χ1v) is 7.65. The van der Waals surface area contributed by atoms with Crippen molar-refractivity contribution in [1.82, 2.24) is 25.5 Å². The van der Waals surface area contributed by atoms with Crippen molar-refractivity contribution in [2.75, 3.05) is 0 Å². The summed E-state index contributed by atoms with van der Waals surface area (Å²) in [6.45, 7) is 4.11. The Morgan fingerprint density at radius 1 is 1.47 bits per heavy atom. The summed E-state index contributed by atoms with van der Waals surface area (Å²) in [5.74, 6) is 0.651. The lowest BCUT2D eigenvalue weighted by Gasteiger charge is -2.30. The van der Waals surface area contributed by atoms with Crippen molar-refractivity contribution in [3.05, 3.63) is 0 Å². The lowest BCUT2D eigenvalue weighted by atomic mass is 9.86. The highest BCUT2D eigenvalue weighted by Crippen LogP contribution is 2.25. The van der Waals surface area contributed by atoms with Gasteiger partial charge in [0.1, 0.15) is 0 Å². The molecule has 1 aromatic rings. The first kappa shape index (κ1) is 14.3. The molecule has 0 unspecified atom stereocenters. The summed E-state index contributed by atoms with van der Waals surface area (Å²) in [7, 11) is 1.77. The van der Waals surface area contributed by atoms with E-state index < -0.39 is 0 Å². The largest absolute Gasteiger partial charge is 0.352 e. The van der Waals surface area contributed by atoms with Gasteiger partial charge in [-0.1, -0.05) is 31.5 Å². The smallest absolute Gasteiger partial charge is 0.233 e. The van der Waals surface area contributed by atoms with Crippen LogP contribution in [0.15, 0.2) is 5.16 Å². The van der Waals surface area contributed by atoms with Gasteiger partial charge in [-0.3, -0.25) is 4.79 Å². The summed E-state index contributed by atoms with van der Waals surface area (Å²) >= 11 is 1.39. The number of nitrogens with zero attached hydrogens (tertiary/aromatic N) is 4. The second kappa shape index (κ2) is 6.36. The minimum Gasteiger partial charge on any atom is -0.352 e. The molecule has 0 bridgehead atoms. The van der Waals surface area contributed by atoms with E-state index in [0.29, 0.717) is 17.1 Å². The molecule has 0 radical (unpaired) electrons. The van der Waals surface area contributed by atoms with Gasteiger partial charge in [0.15, 0.2) is 0 Å². The summed E-state index contributed by atoms with van der Waals surface area (Å²) < 4.78 is 1.58. The highest BCUT2D eigenvalue weighted by atomic mass is 32.2. The maximum Gasteiger partial charge on any atom is 0.233 e. The lowest BCUT2D eigenvalue weighted by molar-refractivity contribution is -0.121. The summed E-state index contributed by atoms with van der Waals surface area (Å²) in [5, 5.41) is 14.9. The molecule has 1 fully saturated rings. The van der Waals surface area contributed by atoms with E-state index >= 15 is 0 Å². The first-order valence-electron chi connectivity index (χ1n) is 6.77. The number of rotatable bonds is 4. The Morgan fingerprint density at radius 2 is 2.21 bits per heavy atom. The SMILES string of the molecule is C[C@@H]1CCCC[C@@H]1NC(=O)[C@@H](C)Sc1nnnn1C. The van der Waals surface area contributed by atoms with Crippen LogP contribution in [-0.2, 0) is 11.8 Å². The monoisotopic (exact) mass is 283 g/mol. The van der Waals surface area contributed by atoms with Gasteiger partial charge < -0.3 is 5.32 Å². The summed E-state index contributed by atoms with van der Waals surface area (Å²) in [6, 6.07) is 0.321. The molecule has 19 heavy (non-hydrogen) atoms. The fraction of sp³-hybridized carbons (Fsp3) is 0.833. The second-order valence-corrected chi connectivity index (χ2v) is 6.53. The van der Waals surface area contributed by atoms with Gasteiger partial charge in [-0.05, 0) is 36.1 Å². The van der Waals surface area contributed by atoms with Gasteiger partial charge in [0, 0.05) is 13.1 Å². The zero-order valence-electron chi connectivity index (χ0n) is 11.7. The average Bonchev–Trinajstić information content (AvgIpc) is 2.78. The van der Waals surface area contributed by atoms with E-state index in [2.05, 4.69) is 27.8 Å². The quantitative estimate of drug-likeness (QED) is 0.845. The van der Waals surface area contributed by atoms with E-state index in [-0.39, 0.29) is 11.2 Å². The number of tetrazole rings is 1. The van der Waals surface area contributed by atoms with Crippen LogP contribution in [-0.4, -0.2) is 37.4 Å². The predicted molar refractivity (Wildman–Crippen MR) is 73.7 cm³/mol. The van der Waals surface area contributed by atoms with Crippen LogP contribution < -0.4 is 5.32 Å². The second-order valence-electron chi connectivity index (χ2n) is 5.22. The van der Waals surface area contributed by atoms with E-state index in [1.54, 1.807) is 11.7 Å². The van der Waals surface area contributed by atoms with Gasteiger partial charge in [-0.25, -0.2) is 4.68 Å². The molecule has 1 N–H and O–H groups in total. The van der Waals surface area contributed by atoms with Crippen LogP contribution in [0.25, 0.3) is 0 Å². The summed E-state index contributed by atoms with van der Waals surface area (Å²) in [4.78, 5) is 12.2. The zero-order chi connectivity index (χ0) is 13.8. The van der Waals surface area contributed by atoms with Gasteiger partial charge >= 0.3 is 0 Å². The Balaban J connectivity index is 1.87. The lowest BCUT2D eigenvalue weighted by Crippen LogP contribution is -2.44. The van der Waals surface area contributed by atoms with Gasteiger partial charge in [-0.2, -0.15) is 0 Å². The fourth-order valence-electron chi connectivity index (χ4n) is 2.36. The third-order valence-electron chi connectivity index (χ3n) is 3.67. The molecule has 1 heterocycles. The van der Waals surface area contributed by atoms with Crippen LogP contribution in [0.5, 0.6) is 0 Å². The van der Waals surface area contributed by atoms with Gasteiger partial charge in [0.05, 0.1) is 5.25 Å². The molecule has 1 aliphatic carbocycles. The van der Waals surface area contributed by atoms with Crippen LogP contribution in [0.1, 0.15) is 39.5 Å². The molecule has 0 spiro atoms. The first-order chi connectivity index (χ1) is 9.08. The molecule has 0 saturated heterocycles. The van der Waals surface area contributed by atoms with Crippen LogP contribution in [0.3, 0.4) is 0 Å². The number of aromatic nitrogens is 4. The molecule has 0 aliphatic heterocycles. The topological polar surface area (TPSA) is 72.7 Å². The van der Waals surface area contributed by atoms with Crippen molar-refractivity contribution in [3.63, 3.8) is 0 Å². The Bertz CT molecular complexity index is 436. The van der Waals surface area contributed by atoms with Crippen molar-refractivity contribution in [3.8, 4) is 0 Å². The maximum atomic E-state index is 12.2. The van der Waals surface area contributed by atoms with Crippen molar-refractivity contribution in [1.29, 1.82) is 0 Å². The Hall–Kier alpha value is -1.11. The number of thioether (sulfide) groups is 1. The molecule has 0 aromatic carbocycles. The highest BCUT2D eigenvalue weighted by molar-refractivity contribution is 8.00. The van der Waals surface area contributed by atoms with Crippen molar-refractivity contribution in [2.24, 2.45) is 13.0 Å². The van der Waals surface area contributed by atoms with E-state index in [4.69, 9.17) is 0 Å². The van der Waals surface area contributed by atoms with E-state index in [1.807, 2.05) is 6.92 Å². The van der Waals surface area contributed by atoms with Crippen molar-refractivity contribution in [2.45, 2.75) is 56.0 Å². The molecule has 1 aliphatic rings. The van der Waals surface area contributed by atoms with E-state index in [1.165, 1.54) is 31.0 Å². The van der Waals surface area contributed by atoms with E-state index in [9.17, 15) is 4.79 Å². The maximum absolute atomic E-state index is 12.2. The molecule has 2 rings (SSSR count). The molecule has 1 amide bonds. The predicted octanol–water partition coefficient (Wildman–Crippen LogP) is 1.39. The molecule has 106 valence electrons. The van der Waals surface area contributed by atoms with Crippen LogP contribution in [0, 0.1) is 5.92 Å².